The van der Waals surface area contributed by atoms with Crippen molar-refractivity contribution in [1.29, 1.82) is 0 Å². The van der Waals surface area contributed by atoms with Gasteiger partial charge in [0.1, 0.15) is 0 Å². The van der Waals surface area contributed by atoms with Crippen LogP contribution in [0.5, 0.6) is 0 Å². The number of rotatable bonds is 2. The molecular formula is C6H14AlNO2S. The summed E-state index contributed by atoms with van der Waals surface area (Å²) >= 11 is 0. The second kappa shape index (κ2) is 4.46. The Morgan fingerprint density at radius 1 is 1.36 bits per heavy atom. The van der Waals surface area contributed by atoms with Gasteiger partial charge in [-0.2, -0.15) is 0 Å². The first-order valence-electron chi connectivity index (χ1n) is 3.43. The molecule has 0 aromatic carbocycles. The quantitative estimate of drug-likeness (QED) is 0.435. The van der Waals surface area contributed by atoms with Crippen molar-refractivity contribution in [2.45, 2.75) is 25.1 Å². The summed E-state index contributed by atoms with van der Waals surface area (Å²) in [6, 6.07) is 0.486. The Hall–Kier alpha value is 0.442. The van der Waals surface area contributed by atoms with Crippen molar-refractivity contribution in [2.24, 2.45) is 0 Å². The summed E-state index contributed by atoms with van der Waals surface area (Å²) in [5.41, 5.74) is 0. The second-order valence-corrected chi connectivity index (χ2v) is 4.12. The molecular weight excluding hydrogens is 177 g/mol. The van der Waals surface area contributed by atoms with E-state index in [1.54, 1.807) is 0 Å². The van der Waals surface area contributed by atoms with Crippen LogP contribution < -0.4 is 0 Å². The van der Waals surface area contributed by atoms with E-state index in [0.29, 0.717) is 19.1 Å². The summed E-state index contributed by atoms with van der Waals surface area (Å²) in [6.07, 6.45) is 0. The molecule has 1 aliphatic rings. The molecule has 1 aliphatic heterocycles. The third-order valence-electron chi connectivity index (χ3n) is 1.88. The van der Waals surface area contributed by atoms with Crippen molar-refractivity contribution in [1.82, 2.24) is 4.90 Å². The van der Waals surface area contributed by atoms with Crippen LogP contribution >= 0.6 is 0 Å². The maximum atomic E-state index is 10.3. The molecule has 1 heterocycles. The van der Waals surface area contributed by atoms with E-state index in [4.69, 9.17) is 0 Å². The van der Waals surface area contributed by atoms with Gasteiger partial charge in [-0.15, -0.1) is 0 Å². The van der Waals surface area contributed by atoms with Crippen LogP contribution in [-0.4, -0.2) is 46.6 Å². The van der Waals surface area contributed by atoms with Crippen LogP contribution in [-0.2, 0) is 19.1 Å². The molecule has 0 bridgehead atoms. The summed E-state index contributed by atoms with van der Waals surface area (Å²) in [5, 5.41) is -0.109. The first-order chi connectivity index (χ1) is 4.61. The normalized spacial score (nSPS) is 20.0. The molecule has 3 nitrogen and oxygen atoms in total. The average molecular weight is 191 g/mol. The van der Waals surface area contributed by atoms with Gasteiger partial charge in [-0.05, 0) is 32.2 Å². The Labute approximate surface area is 79.8 Å². The van der Waals surface area contributed by atoms with Gasteiger partial charge >= 0.3 is 17.4 Å². The van der Waals surface area contributed by atoms with Gasteiger partial charge in [0.05, 0.1) is 0 Å². The monoisotopic (exact) mass is 191 g/mol. The molecule has 0 aliphatic carbocycles. The van der Waals surface area contributed by atoms with E-state index in [9.17, 15) is 8.42 Å². The van der Waals surface area contributed by atoms with E-state index in [1.807, 2.05) is 0 Å². The zero-order valence-corrected chi connectivity index (χ0v) is 10.1. The van der Waals surface area contributed by atoms with Crippen molar-refractivity contribution in [2.75, 3.05) is 13.1 Å². The second-order valence-electron chi connectivity index (χ2n) is 2.93. The van der Waals surface area contributed by atoms with Gasteiger partial charge in [0.15, 0.2) is 0 Å². The molecule has 0 atom stereocenters. The summed E-state index contributed by atoms with van der Waals surface area (Å²) in [7, 11) is -1.85. The van der Waals surface area contributed by atoms with Gasteiger partial charge in [0.2, 0.25) is 0 Å². The van der Waals surface area contributed by atoms with E-state index in [2.05, 4.69) is 18.7 Å². The van der Waals surface area contributed by atoms with Crippen LogP contribution in [0.2, 0.25) is 0 Å². The van der Waals surface area contributed by atoms with Crippen molar-refractivity contribution in [3.63, 3.8) is 0 Å². The van der Waals surface area contributed by atoms with Crippen molar-refractivity contribution >= 4 is 28.1 Å². The first kappa shape index (κ1) is 11.4. The number of hydrogen-bond donors (Lipinski definition) is 0. The number of likely N-dealkylation sites (tertiary alicyclic amines) is 1. The summed E-state index contributed by atoms with van der Waals surface area (Å²) < 4.78 is 20.6. The Morgan fingerprint density at radius 2 is 1.82 bits per heavy atom. The van der Waals surface area contributed by atoms with Crippen LogP contribution in [0.4, 0.5) is 0 Å². The minimum absolute atomic E-state index is 0. The van der Waals surface area contributed by atoms with Crippen molar-refractivity contribution in [3.8, 4) is 0 Å². The molecule has 1 saturated heterocycles. The standard InChI is InChI=1S/C6H12NO2S.Al.2H/c1-5(2)7-3-6(4-7)10(8)9;;;/h5-6H,3-4H2,1-2H3;;;/q-1;+1;;. The zero-order valence-electron chi connectivity index (χ0n) is 7.24. The molecule has 0 saturated carbocycles. The van der Waals surface area contributed by atoms with E-state index in [0.717, 1.165) is 0 Å². The zero-order chi connectivity index (χ0) is 7.72. The molecule has 11 heavy (non-hydrogen) atoms. The van der Waals surface area contributed by atoms with Gasteiger partial charge in [-0.3, -0.25) is 0 Å². The molecule has 0 spiro atoms. The van der Waals surface area contributed by atoms with Crippen LogP contribution in [0.3, 0.4) is 0 Å². The molecule has 0 aromatic heterocycles. The van der Waals surface area contributed by atoms with Crippen molar-refractivity contribution in [3.05, 3.63) is 0 Å². The molecule has 1 rings (SSSR count). The Balaban J connectivity index is 0.000001000. The maximum absolute atomic E-state index is 10.3. The van der Waals surface area contributed by atoms with Gasteiger partial charge in [-0.1, -0.05) is 10.7 Å². The SMILES string of the molecule is CC(C)N1CC([S-](=O)=O)C1.[AlH2+]. The van der Waals surface area contributed by atoms with Crippen molar-refractivity contribution < 1.29 is 8.42 Å². The fourth-order valence-electron chi connectivity index (χ4n) is 1.01. The third kappa shape index (κ3) is 2.75. The van der Waals surface area contributed by atoms with E-state index >= 15 is 0 Å². The van der Waals surface area contributed by atoms with Gasteiger partial charge in [0, 0.05) is 6.04 Å². The number of nitrogens with zero attached hydrogens (tertiary/aromatic N) is 1. The molecule has 5 heteroatoms. The summed E-state index contributed by atoms with van der Waals surface area (Å²) in [5.74, 6) is 0. The van der Waals surface area contributed by atoms with Gasteiger partial charge < -0.3 is 13.3 Å². The topological polar surface area (TPSA) is 37.4 Å². The predicted octanol–water partition coefficient (Wildman–Crippen LogP) is -0.528. The summed E-state index contributed by atoms with van der Waals surface area (Å²) in [4.78, 5) is 2.14. The van der Waals surface area contributed by atoms with Crippen LogP contribution in [0.1, 0.15) is 13.8 Å². The first-order valence-corrected chi connectivity index (χ1v) is 4.57. The van der Waals surface area contributed by atoms with E-state index in [1.165, 1.54) is 0 Å². The molecule has 0 radical (unpaired) electrons. The molecule has 0 aromatic rings. The average Bonchev–Trinajstić information content (AvgIpc) is 1.56. The molecule has 0 N–H and O–H groups in total. The van der Waals surface area contributed by atoms with Crippen LogP contribution in [0.15, 0.2) is 0 Å². The Bertz CT molecular complexity index is 179. The van der Waals surface area contributed by atoms with E-state index in [-0.39, 0.29) is 22.6 Å². The Morgan fingerprint density at radius 3 is 2.09 bits per heavy atom. The molecule has 0 amide bonds. The van der Waals surface area contributed by atoms with Crippen LogP contribution in [0, 0.1) is 0 Å². The fourth-order valence-corrected chi connectivity index (χ4v) is 1.64. The summed E-state index contributed by atoms with van der Waals surface area (Å²) in [6.45, 7) is 5.58. The third-order valence-corrected chi connectivity index (χ3v) is 2.72. The van der Waals surface area contributed by atoms with Gasteiger partial charge in [0.25, 0.3) is 0 Å². The van der Waals surface area contributed by atoms with E-state index < -0.39 is 10.7 Å². The van der Waals surface area contributed by atoms with Gasteiger partial charge in [-0.25, -0.2) is 0 Å². The fraction of sp³-hybridized carbons (Fsp3) is 1.00. The molecule has 0 unspecified atom stereocenters. The predicted molar refractivity (Wildman–Crippen MR) is 47.8 cm³/mol. The molecule has 1 fully saturated rings. The molecule has 64 valence electrons. The number of hydrogen-bond acceptors (Lipinski definition) is 4. The van der Waals surface area contributed by atoms with Crippen LogP contribution in [0.25, 0.3) is 0 Å². The Kier molecular flexibility index (Phi) is 4.64. The minimum atomic E-state index is -1.85.